The molecule has 22 heavy (non-hydrogen) atoms. The largest absolute Gasteiger partial charge is 0.387 e. The van der Waals surface area contributed by atoms with E-state index in [2.05, 4.69) is 5.32 Å². The second kappa shape index (κ2) is 6.93. The third kappa shape index (κ3) is 3.26. The number of nitrogens with one attached hydrogen (secondary N) is 1. The summed E-state index contributed by atoms with van der Waals surface area (Å²) in [5.74, 6) is 0. The van der Waals surface area contributed by atoms with E-state index in [0.29, 0.717) is 6.61 Å². The second-order valence-corrected chi connectivity index (χ2v) is 5.74. The van der Waals surface area contributed by atoms with E-state index in [4.69, 9.17) is 14.2 Å². The Morgan fingerprint density at radius 1 is 1.14 bits per heavy atom. The lowest BCUT2D eigenvalue weighted by molar-refractivity contribution is -0.322. The second-order valence-electron chi connectivity index (χ2n) is 5.74. The summed E-state index contributed by atoms with van der Waals surface area (Å²) in [7, 11) is 0. The summed E-state index contributed by atoms with van der Waals surface area (Å²) in [6.45, 7) is 2.40. The first kappa shape index (κ1) is 15.7. The molecule has 0 saturated carbocycles. The highest BCUT2D eigenvalue weighted by Gasteiger charge is 2.48. The van der Waals surface area contributed by atoms with E-state index in [1.807, 2.05) is 37.3 Å². The Hall–Kier alpha value is -1.18. The Balaban J connectivity index is 1.66. The Bertz CT molecular complexity index is 469. The number of para-hydroxylation sites is 1. The van der Waals surface area contributed by atoms with Gasteiger partial charge in [0, 0.05) is 5.69 Å². The number of ether oxygens (including phenoxy) is 3. The van der Waals surface area contributed by atoms with Crippen molar-refractivity contribution in [3.8, 4) is 0 Å². The van der Waals surface area contributed by atoms with Crippen LogP contribution in [0, 0.1) is 0 Å². The number of aliphatic hydroxyl groups is 2. The molecule has 2 saturated heterocycles. The van der Waals surface area contributed by atoms with E-state index in [9.17, 15) is 10.2 Å². The van der Waals surface area contributed by atoms with Crippen molar-refractivity contribution in [3.05, 3.63) is 30.3 Å². The van der Waals surface area contributed by atoms with E-state index in [1.165, 1.54) is 0 Å². The summed E-state index contributed by atoms with van der Waals surface area (Å²) in [4.78, 5) is 0. The van der Waals surface area contributed by atoms with E-state index in [0.717, 1.165) is 18.5 Å². The molecule has 6 atom stereocenters. The minimum absolute atomic E-state index is 0.338. The van der Waals surface area contributed by atoms with Crippen LogP contribution in [-0.4, -0.2) is 53.8 Å². The molecule has 0 unspecified atom stereocenters. The quantitative estimate of drug-likeness (QED) is 0.772. The third-order valence-electron chi connectivity index (χ3n) is 4.05. The predicted molar refractivity (Wildman–Crippen MR) is 80.3 cm³/mol. The zero-order valence-electron chi connectivity index (χ0n) is 12.6. The van der Waals surface area contributed by atoms with Crippen LogP contribution in [0.3, 0.4) is 0 Å². The highest BCUT2D eigenvalue weighted by Crippen LogP contribution is 2.30. The minimum atomic E-state index is -1.07. The number of hydrogen-bond acceptors (Lipinski definition) is 6. The maximum atomic E-state index is 10.4. The molecule has 122 valence electrons. The van der Waals surface area contributed by atoms with Gasteiger partial charge in [-0.3, -0.25) is 0 Å². The SMILES string of the molecule is CCC[C@H]1OC[C@@H]2O[C@@H](Nc3ccccc3)[C@@H](O)[C@@H](O)[C@@H]2O1. The summed E-state index contributed by atoms with van der Waals surface area (Å²) in [5, 5.41) is 23.7. The van der Waals surface area contributed by atoms with Gasteiger partial charge in [0.25, 0.3) is 0 Å². The van der Waals surface area contributed by atoms with Crippen LogP contribution in [0.1, 0.15) is 19.8 Å². The van der Waals surface area contributed by atoms with Gasteiger partial charge in [0.05, 0.1) is 6.61 Å². The van der Waals surface area contributed by atoms with Gasteiger partial charge < -0.3 is 29.7 Å². The van der Waals surface area contributed by atoms with Gasteiger partial charge in [0.2, 0.25) is 0 Å². The monoisotopic (exact) mass is 309 g/mol. The van der Waals surface area contributed by atoms with Gasteiger partial charge in [-0.05, 0) is 18.6 Å². The average molecular weight is 309 g/mol. The van der Waals surface area contributed by atoms with Crippen LogP contribution < -0.4 is 5.32 Å². The molecule has 2 heterocycles. The topological polar surface area (TPSA) is 80.2 Å². The van der Waals surface area contributed by atoms with E-state index in [-0.39, 0.29) is 6.29 Å². The van der Waals surface area contributed by atoms with Crippen molar-refractivity contribution in [1.82, 2.24) is 0 Å². The average Bonchev–Trinajstić information content (AvgIpc) is 2.54. The van der Waals surface area contributed by atoms with Crippen LogP contribution in [0.5, 0.6) is 0 Å². The maximum absolute atomic E-state index is 10.4. The summed E-state index contributed by atoms with van der Waals surface area (Å²) in [6.07, 6.45) is -2.38. The normalized spacial score (nSPS) is 38.3. The minimum Gasteiger partial charge on any atom is -0.387 e. The smallest absolute Gasteiger partial charge is 0.158 e. The fraction of sp³-hybridized carbons (Fsp3) is 0.625. The molecule has 2 fully saturated rings. The molecule has 6 heteroatoms. The number of rotatable bonds is 4. The van der Waals surface area contributed by atoms with Crippen LogP contribution in [0.2, 0.25) is 0 Å². The Morgan fingerprint density at radius 2 is 1.91 bits per heavy atom. The zero-order valence-corrected chi connectivity index (χ0v) is 12.6. The Morgan fingerprint density at radius 3 is 2.64 bits per heavy atom. The highest BCUT2D eigenvalue weighted by molar-refractivity contribution is 5.43. The van der Waals surface area contributed by atoms with Crippen molar-refractivity contribution in [2.75, 3.05) is 11.9 Å². The van der Waals surface area contributed by atoms with E-state index >= 15 is 0 Å². The lowest BCUT2D eigenvalue weighted by Gasteiger charge is -2.46. The predicted octanol–water partition coefficient (Wildman–Crippen LogP) is 1.09. The first-order valence-corrected chi connectivity index (χ1v) is 7.79. The molecule has 6 nitrogen and oxygen atoms in total. The molecular formula is C16H23NO5. The molecule has 1 aromatic rings. The van der Waals surface area contributed by atoms with Crippen molar-refractivity contribution < 1.29 is 24.4 Å². The first-order valence-electron chi connectivity index (χ1n) is 7.79. The highest BCUT2D eigenvalue weighted by atomic mass is 16.7. The van der Waals surface area contributed by atoms with Crippen molar-refractivity contribution in [1.29, 1.82) is 0 Å². The van der Waals surface area contributed by atoms with Crippen molar-refractivity contribution in [3.63, 3.8) is 0 Å². The number of aliphatic hydroxyl groups excluding tert-OH is 2. The molecule has 3 N–H and O–H groups in total. The molecule has 1 aromatic carbocycles. The molecule has 0 aromatic heterocycles. The number of fused-ring (bicyclic) bond motifs is 1. The van der Waals surface area contributed by atoms with Gasteiger partial charge in [-0.25, -0.2) is 0 Å². The third-order valence-corrected chi connectivity index (χ3v) is 4.05. The van der Waals surface area contributed by atoms with Crippen LogP contribution in [-0.2, 0) is 14.2 Å². The van der Waals surface area contributed by atoms with Gasteiger partial charge in [0.15, 0.2) is 12.5 Å². The molecule has 0 aliphatic carbocycles. The van der Waals surface area contributed by atoms with Crippen molar-refractivity contribution in [2.24, 2.45) is 0 Å². The van der Waals surface area contributed by atoms with Gasteiger partial charge in [0.1, 0.15) is 24.4 Å². The Labute approximate surface area is 130 Å². The fourth-order valence-electron chi connectivity index (χ4n) is 2.86. The molecule has 0 radical (unpaired) electrons. The van der Waals surface area contributed by atoms with Gasteiger partial charge in [-0.15, -0.1) is 0 Å². The lowest BCUT2D eigenvalue weighted by atomic mass is 9.97. The molecule has 2 aliphatic rings. The molecule has 0 bridgehead atoms. The molecule has 2 aliphatic heterocycles. The number of anilines is 1. The molecule has 0 amide bonds. The molecule has 0 spiro atoms. The number of hydrogen-bond donors (Lipinski definition) is 3. The standard InChI is InChI=1S/C16H23NO5/c1-2-6-12-20-9-11-15(22-12)13(18)14(19)16(21-11)17-10-7-4-3-5-8-10/h3-5,7-8,11-19H,2,6,9H2,1H3/t11-,12-,13+,14-,15+,16+/m0/s1. The van der Waals surface area contributed by atoms with Gasteiger partial charge in [-0.2, -0.15) is 0 Å². The summed E-state index contributed by atoms with van der Waals surface area (Å²) < 4.78 is 17.2. The fourth-order valence-corrected chi connectivity index (χ4v) is 2.86. The summed E-state index contributed by atoms with van der Waals surface area (Å²) in [6, 6.07) is 9.43. The van der Waals surface area contributed by atoms with Crippen LogP contribution in [0.15, 0.2) is 30.3 Å². The molecule has 3 rings (SSSR count). The maximum Gasteiger partial charge on any atom is 0.158 e. The Kier molecular flexibility index (Phi) is 4.95. The van der Waals surface area contributed by atoms with Crippen LogP contribution >= 0.6 is 0 Å². The zero-order chi connectivity index (χ0) is 15.5. The van der Waals surface area contributed by atoms with Crippen LogP contribution in [0.4, 0.5) is 5.69 Å². The van der Waals surface area contributed by atoms with Crippen molar-refractivity contribution >= 4 is 5.69 Å². The first-order chi connectivity index (χ1) is 10.7. The molecular weight excluding hydrogens is 286 g/mol. The summed E-state index contributed by atoms with van der Waals surface area (Å²) >= 11 is 0. The van der Waals surface area contributed by atoms with Crippen LogP contribution in [0.25, 0.3) is 0 Å². The lowest BCUT2D eigenvalue weighted by Crippen LogP contribution is -2.64. The van der Waals surface area contributed by atoms with E-state index < -0.39 is 30.6 Å². The van der Waals surface area contributed by atoms with E-state index in [1.54, 1.807) is 0 Å². The van der Waals surface area contributed by atoms with Crippen molar-refractivity contribution in [2.45, 2.75) is 56.7 Å². The summed E-state index contributed by atoms with van der Waals surface area (Å²) in [5.41, 5.74) is 0.818. The van der Waals surface area contributed by atoms with Gasteiger partial charge >= 0.3 is 0 Å². The van der Waals surface area contributed by atoms with Gasteiger partial charge in [-0.1, -0.05) is 31.5 Å². The number of benzene rings is 1.